The third kappa shape index (κ3) is 5.15. The van der Waals surface area contributed by atoms with Gasteiger partial charge in [0.1, 0.15) is 5.60 Å². The van der Waals surface area contributed by atoms with Crippen LogP contribution in [-0.4, -0.2) is 9.67 Å². The van der Waals surface area contributed by atoms with Crippen LogP contribution in [0.3, 0.4) is 0 Å². The van der Waals surface area contributed by atoms with Crippen LogP contribution in [0.5, 0.6) is 0 Å². The van der Waals surface area contributed by atoms with Gasteiger partial charge in [0, 0.05) is 54.4 Å². The van der Waals surface area contributed by atoms with Crippen molar-refractivity contribution in [2.24, 2.45) is 0 Å². The third-order valence-electron chi connectivity index (χ3n) is 11.7. The van der Waals surface area contributed by atoms with Gasteiger partial charge in [0.05, 0.1) is 16.7 Å². The number of halogens is 1. The first-order valence-corrected chi connectivity index (χ1v) is 20.1. The molecule has 0 bridgehead atoms. The van der Waals surface area contributed by atoms with E-state index in [1.807, 2.05) is 24.3 Å². The first-order valence-electron chi connectivity index (χ1n) is 19.3. The van der Waals surface area contributed by atoms with Crippen molar-refractivity contribution in [1.29, 1.82) is 0 Å². The van der Waals surface area contributed by atoms with E-state index >= 15 is 0 Å². The summed E-state index contributed by atoms with van der Waals surface area (Å²) in [5.74, 6) is 0. The second-order valence-corrected chi connectivity index (χ2v) is 15.6. The number of hydrogen-bond donors (Lipinski definition) is 1. The van der Waals surface area contributed by atoms with E-state index in [2.05, 4.69) is 207 Å². The van der Waals surface area contributed by atoms with Crippen molar-refractivity contribution in [1.82, 2.24) is 4.57 Å². The lowest BCUT2D eigenvalue weighted by molar-refractivity contribution is 0.131. The van der Waals surface area contributed by atoms with Gasteiger partial charge in [-0.25, -0.2) is 0 Å². The Morgan fingerprint density at radius 1 is 0.404 bits per heavy atom. The molecule has 0 amide bonds. The molecule has 0 saturated carbocycles. The van der Waals surface area contributed by atoms with Crippen LogP contribution in [0.2, 0.25) is 0 Å². The van der Waals surface area contributed by atoms with Gasteiger partial charge in [0.2, 0.25) is 0 Å². The standard InChI is InChI=1S/C53H35BrN2O/c54-35-27-31-49-46(33-35)42-21-10-13-25-48(42)53(49,57)47-24-12-9-20-41(47)40-30-32-51(43-22-8-7-19-39(40)43)55(36-15-3-1-4-16-36)38-28-29-45-44-23-11-14-26-50(44)56(52(45)34-38)37-17-5-2-6-18-37/h1-34,57H. The van der Waals surface area contributed by atoms with Gasteiger partial charge in [-0.05, 0) is 88.3 Å². The van der Waals surface area contributed by atoms with Gasteiger partial charge in [-0.2, -0.15) is 0 Å². The first kappa shape index (κ1) is 33.6. The van der Waals surface area contributed by atoms with Gasteiger partial charge >= 0.3 is 0 Å². The molecular formula is C53H35BrN2O. The summed E-state index contributed by atoms with van der Waals surface area (Å²) in [6, 6.07) is 72.7. The Morgan fingerprint density at radius 2 is 0.982 bits per heavy atom. The van der Waals surface area contributed by atoms with E-state index in [0.717, 1.165) is 82.5 Å². The van der Waals surface area contributed by atoms with E-state index in [1.165, 1.54) is 16.3 Å². The van der Waals surface area contributed by atoms with E-state index in [-0.39, 0.29) is 0 Å². The quantitative estimate of drug-likeness (QED) is 0.182. The van der Waals surface area contributed by atoms with Gasteiger partial charge in [0.25, 0.3) is 0 Å². The minimum atomic E-state index is -1.34. The largest absolute Gasteiger partial charge is 0.376 e. The predicted molar refractivity (Wildman–Crippen MR) is 240 cm³/mol. The zero-order valence-electron chi connectivity index (χ0n) is 30.8. The Balaban J connectivity index is 1.13. The highest BCUT2D eigenvalue weighted by molar-refractivity contribution is 9.10. The second-order valence-electron chi connectivity index (χ2n) is 14.7. The smallest absolute Gasteiger partial charge is 0.142 e. The number of rotatable bonds is 6. The summed E-state index contributed by atoms with van der Waals surface area (Å²) in [5, 5.41) is 17.8. The lowest BCUT2D eigenvalue weighted by atomic mass is 9.79. The number of benzene rings is 9. The van der Waals surface area contributed by atoms with Crippen LogP contribution in [0.25, 0.3) is 60.5 Å². The maximum Gasteiger partial charge on any atom is 0.142 e. The van der Waals surface area contributed by atoms with Crippen LogP contribution in [-0.2, 0) is 5.60 Å². The molecular weight excluding hydrogens is 760 g/mol. The molecule has 270 valence electrons. The highest BCUT2D eigenvalue weighted by atomic mass is 79.9. The lowest BCUT2D eigenvalue weighted by Crippen LogP contribution is -2.27. The van der Waals surface area contributed by atoms with Gasteiger partial charge in [0.15, 0.2) is 0 Å². The second kappa shape index (κ2) is 13.2. The topological polar surface area (TPSA) is 28.4 Å². The lowest BCUT2D eigenvalue weighted by Gasteiger charge is -2.30. The van der Waals surface area contributed by atoms with Gasteiger partial charge in [-0.3, -0.25) is 0 Å². The van der Waals surface area contributed by atoms with Crippen molar-refractivity contribution in [2.75, 3.05) is 4.90 Å². The number of para-hydroxylation sites is 3. The summed E-state index contributed by atoms with van der Waals surface area (Å²) in [6.07, 6.45) is 0. The average molecular weight is 796 g/mol. The number of aromatic nitrogens is 1. The Bertz CT molecular complexity index is 3170. The van der Waals surface area contributed by atoms with Gasteiger partial charge < -0.3 is 14.6 Å². The van der Waals surface area contributed by atoms with Crippen LogP contribution < -0.4 is 4.90 Å². The maximum absolute atomic E-state index is 13.1. The van der Waals surface area contributed by atoms with Crippen LogP contribution in [0.4, 0.5) is 17.1 Å². The number of fused-ring (bicyclic) bond motifs is 7. The van der Waals surface area contributed by atoms with Crippen LogP contribution in [0.15, 0.2) is 211 Å². The van der Waals surface area contributed by atoms with E-state index in [9.17, 15) is 5.11 Å². The summed E-state index contributed by atoms with van der Waals surface area (Å²) >= 11 is 3.69. The molecule has 1 N–H and O–H groups in total. The van der Waals surface area contributed by atoms with E-state index < -0.39 is 5.60 Å². The summed E-state index contributed by atoms with van der Waals surface area (Å²) in [5.41, 5.74) is 12.1. The monoisotopic (exact) mass is 794 g/mol. The van der Waals surface area contributed by atoms with Crippen molar-refractivity contribution in [3.63, 3.8) is 0 Å². The molecule has 4 heteroatoms. The summed E-state index contributed by atoms with van der Waals surface area (Å²) < 4.78 is 3.36. The van der Waals surface area contributed by atoms with Gasteiger partial charge in [-0.1, -0.05) is 162 Å². The molecule has 10 aromatic rings. The molecule has 1 atom stereocenters. The molecule has 57 heavy (non-hydrogen) atoms. The molecule has 11 rings (SSSR count). The van der Waals surface area contributed by atoms with Crippen molar-refractivity contribution < 1.29 is 5.11 Å². The minimum absolute atomic E-state index is 0.857. The number of anilines is 3. The molecule has 3 nitrogen and oxygen atoms in total. The van der Waals surface area contributed by atoms with E-state index in [4.69, 9.17) is 0 Å². The molecule has 0 radical (unpaired) electrons. The maximum atomic E-state index is 13.1. The fraction of sp³-hybridized carbons (Fsp3) is 0.0189. The highest BCUT2D eigenvalue weighted by Gasteiger charge is 2.44. The highest BCUT2D eigenvalue weighted by Crippen LogP contribution is 2.54. The van der Waals surface area contributed by atoms with Crippen LogP contribution >= 0.6 is 15.9 Å². The molecule has 1 unspecified atom stereocenters. The van der Waals surface area contributed by atoms with E-state index in [0.29, 0.717) is 0 Å². The average Bonchev–Trinajstić information content (AvgIpc) is 3.73. The molecule has 1 heterocycles. The zero-order chi connectivity index (χ0) is 38.1. The number of hydrogen-bond acceptors (Lipinski definition) is 2. The summed E-state index contributed by atoms with van der Waals surface area (Å²) in [6.45, 7) is 0. The minimum Gasteiger partial charge on any atom is -0.376 e. The van der Waals surface area contributed by atoms with Crippen molar-refractivity contribution in [2.45, 2.75) is 5.60 Å². The predicted octanol–water partition coefficient (Wildman–Crippen LogP) is 14.1. The summed E-state index contributed by atoms with van der Waals surface area (Å²) in [7, 11) is 0. The van der Waals surface area contributed by atoms with Gasteiger partial charge in [-0.15, -0.1) is 0 Å². The Labute approximate surface area is 339 Å². The zero-order valence-corrected chi connectivity index (χ0v) is 32.4. The van der Waals surface area contributed by atoms with Crippen molar-refractivity contribution >= 4 is 65.6 Å². The van der Waals surface area contributed by atoms with Crippen LogP contribution in [0.1, 0.15) is 16.7 Å². The third-order valence-corrected chi connectivity index (χ3v) is 12.2. The molecule has 1 aromatic heterocycles. The number of aliphatic hydroxyl groups is 1. The molecule has 1 aliphatic rings. The molecule has 9 aromatic carbocycles. The number of nitrogens with zero attached hydrogens (tertiary/aromatic N) is 2. The van der Waals surface area contributed by atoms with Crippen LogP contribution in [0, 0.1) is 0 Å². The molecule has 0 spiro atoms. The molecule has 0 fully saturated rings. The van der Waals surface area contributed by atoms with Crippen molar-refractivity contribution in [3.05, 3.63) is 227 Å². The fourth-order valence-electron chi connectivity index (χ4n) is 9.23. The normalized spacial score (nSPS) is 14.6. The Kier molecular flexibility index (Phi) is 7.78. The molecule has 1 aliphatic carbocycles. The van der Waals surface area contributed by atoms with Crippen molar-refractivity contribution in [3.8, 4) is 27.9 Å². The summed E-state index contributed by atoms with van der Waals surface area (Å²) in [4.78, 5) is 2.37. The van der Waals surface area contributed by atoms with E-state index in [1.54, 1.807) is 0 Å². The molecule has 0 saturated heterocycles. The Morgan fingerprint density at radius 3 is 1.74 bits per heavy atom. The first-order chi connectivity index (χ1) is 28.1. The molecule has 0 aliphatic heterocycles. The Hall–Kier alpha value is -6.72. The SMILES string of the molecule is OC1(c2ccccc2-c2ccc(N(c3ccccc3)c3ccc4c5ccccc5n(-c5ccccc5)c4c3)c3ccccc23)c2ccccc2-c2cc(Br)ccc21. The fourth-order valence-corrected chi connectivity index (χ4v) is 9.59.